The number of aryl methyl sites for hydroxylation is 1. The zero-order valence-corrected chi connectivity index (χ0v) is 16.4. The Balaban J connectivity index is 1.56. The van der Waals surface area contributed by atoms with Crippen molar-refractivity contribution in [3.8, 4) is 0 Å². The van der Waals surface area contributed by atoms with Gasteiger partial charge in [-0.15, -0.1) is 0 Å². The van der Waals surface area contributed by atoms with Crippen molar-refractivity contribution in [3.63, 3.8) is 0 Å². The minimum Gasteiger partial charge on any atom is -0.347 e. The summed E-state index contributed by atoms with van der Waals surface area (Å²) in [5.41, 5.74) is 1.40. The number of halogens is 1. The zero-order valence-electron chi connectivity index (χ0n) is 14.8. The third-order valence-corrected chi connectivity index (χ3v) is 7.73. The maximum Gasteiger partial charge on any atom is 0.243 e. The van der Waals surface area contributed by atoms with E-state index in [1.54, 1.807) is 13.1 Å². The fraction of sp³-hybridized carbons (Fsp3) is 0.333. The molecule has 3 aromatic rings. The minimum atomic E-state index is -3.73. The van der Waals surface area contributed by atoms with Crippen LogP contribution >= 0.6 is 11.3 Å². The van der Waals surface area contributed by atoms with E-state index in [1.165, 1.54) is 27.8 Å². The van der Waals surface area contributed by atoms with E-state index in [1.807, 2.05) is 12.1 Å². The summed E-state index contributed by atoms with van der Waals surface area (Å²) in [6.45, 7) is 3.67. The van der Waals surface area contributed by atoms with Gasteiger partial charge in [-0.05, 0) is 43.2 Å². The van der Waals surface area contributed by atoms with E-state index in [0.717, 1.165) is 21.5 Å². The normalized spacial score (nSPS) is 16.6. The molecule has 0 bridgehead atoms. The molecule has 0 aliphatic carbocycles. The summed E-state index contributed by atoms with van der Waals surface area (Å²) in [4.78, 5) is 11.9. The second-order valence-electron chi connectivity index (χ2n) is 6.48. The molecule has 1 saturated heterocycles. The first kappa shape index (κ1) is 18.3. The predicted octanol–water partition coefficient (Wildman–Crippen LogP) is 3.04. The molecule has 1 aromatic carbocycles. The van der Waals surface area contributed by atoms with Crippen molar-refractivity contribution in [2.45, 2.75) is 18.2 Å². The van der Waals surface area contributed by atoms with Crippen LogP contribution in [0.3, 0.4) is 0 Å². The van der Waals surface area contributed by atoms with Crippen LogP contribution < -0.4 is 4.90 Å². The molecule has 0 atom stereocenters. The summed E-state index contributed by atoms with van der Waals surface area (Å²) in [5.74, 6) is -0.544. The van der Waals surface area contributed by atoms with Crippen molar-refractivity contribution >= 4 is 36.8 Å². The Kier molecular flexibility index (Phi) is 4.83. The Morgan fingerprint density at radius 1 is 1.15 bits per heavy atom. The number of rotatable bonds is 3. The van der Waals surface area contributed by atoms with Gasteiger partial charge in [-0.1, -0.05) is 17.4 Å². The SMILES string of the molecule is Cc1ccc(F)cc1S(=O)(=O)N1CCCN(c2nc3cccnc3s2)CC1. The van der Waals surface area contributed by atoms with Crippen LogP contribution in [0.4, 0.5) is 9.52 Å². The molecule has 9 heteroatoms. The molecular formula is C18H19FN4O2S2. The lowest BCUT2D eigenvalue weighted by Crippen LogP contribution is -2.35. The van der Waals surface area contributed by atoms with Crippen molar-refractivity contribution in [1.29, 1.82) is 0 Å². The van der Waals surface area contributed by atoms with Crippen molar-refractivity contribution in [3.05, 3.63) is 47.9 Å². The van der Waals surface area contributed by atoms with Gasteiger partial charge in [0.2, 0.25) is 10.0 Å². The fourth-order valence-corrected chi connectivity index (χ4v) is 5.88. The van der Waals surface area contributed by atoms with Gasteiger partial charge in [-0.25, -0.2) is 22.8 Å². The molecule has 6 nitrogen and oxygen atoms in total. The summed E-state index contributed by atoms with van der Waals surface area (Å²) >= 11 is 1.51. The van der Waals surface area contributed by atoms with Gasteiger partial charge in [0.05, 0.1) is 4.90 Å². The molecule has 3 heterocycles. The summed E-state index contributed by atoms with van der Waals surface area (Å²) < 4.78 is 41.1. The molecule has 0 saturated carbocycles. The Morgan fingerprint density at radius 2 is 2.00 bits per heavy atom. The lowest BCUT2D eigenvalue weighted by atomic mass is 10.2. The number of hydrogen-bond donors (Lipinski definition) is 0. The predicted molar refractivity (Wildman–Crippen MR) is 104 cm³/mol. The summed E-state index contributed by atoms with van der Waals surface area (Å²) in [5, 5.41) is 0.852. The van der Waals surface area contributed by atoms with E-state index in [9.17, 15) is 12.8 Å². The highest BCUT2D eigenvalue weighted by Crippen LogP contribution is 2.29. The number of thiazole rings is 1. The van der Waals surface area contributed by atoms with Crippen LogP contribution in [0.1, 0.15) is 12.0 Å². The molecule has 142 valence electrons. The van der Waals surface area contributed by atoms with E-state index < -0.39 is 15.8 Å². The van der Waals surface area contributed by atoms with Gasteiger partial charge in [-0.2, -0.15) is 4.31 Å². The Morgan fingerprint density at radius 3 is 2.81 bits per heavy atom. The molecule has 0 unspecified atom stereocenters. The molecule has 27 heavy (non-hydrogen) atoms. The van der Waals surface area contributed by atoms with Crippen molar-refractivity contribution in [2.75, 3.05) is 31.1 Å². The van der Waals surface area contributed by atoms with Gasteiger partial charge >= 0.3 is 0 Å². The van der Waals surface area contributed by atoms with Gasteiger partial charge in [0, 0.05) is 32.4 Å². The average Bonchev–Trinajstić information content (AvgIpc) is 2.92. The molecule has 1 aliphatic heterocycles. The summed E-state index contributed by atoms with van der Waals surface area (Å²) in [7, 11) is -3.73. The van der Waals surface area contributed by atoms with Gasteiger partial charge in [-0.3, -0.25) is 0 Å². The molecular weight excluding hydrogens is 387 g/mol. The molecule has 0 radical (unpaired) electrons. The highest BCUT2D eigenvalue weighted by Gasteiger charge is 2.29. The number of anilines is 1. The molecule has 0 N–H and O–H groups in total. The highest BCUT2D eigenvalue weighted by atomic mass is 32.2. The van der Waals surface area contributed by atoms with Crippen molar-refractivity contribution in [2.24, 2.45) is 0 Å². The van der Waals surface area contributed by atoms with Crippen LogP contribution in [0.25, 0.3) is 10.3 Å². The van der Waals surface area contributed by atoms with E-state index in [-0.39, 0.29) is 4.90 Å². The second-order valence-corrected chi connectivity index (χ2v) is 9.34. The van der Waals surface area contributed by atoms with Crippen LogP contribution in [-0.2, 0) is 10.0 Å². The van der Waals surface area contributed by atoms with Crippen molar-refractivity contribution in [1.82, 2.24) is 14.3 Å². The quantitative estimate of drug-likeness (QED) is 0.669. The fourth-order valence-electron chi connectivity index (χ4n) is 3.21. The number of hydrogen-bond acceptors (Lipinski definition) is 6. The van der Waals surface area contributed by atoms with Crippen LogP contribution in [0, 0.1) is 12.7 Å². The van der Waals surface area contributed by atoms with E-state index in [0.29, 0.717) is 38.2 Å². The minimum absolute atomic E-state index is 0.0418. The molecule has 1 aliphatic rings. The largest absolute Gasteiger partial charge is 0.347 e. The van der Waals surface area contributed by atoms with Gasteiger partial charge in [0.15, 0.2) is 5.13 Å². The smallest absolute Gasteiger partial charge is 0.243 e. The average molecular weight is 407 g/mol. The van der Waals surface area contributed by atoms with Crippen LogP contribution in [0.15, 0.2) is 41.4 Å². The van der Waals surface area contributed by atoms with Gasteiger partial charge in [0.1, 0.15) is 16.2 Å². The summed E-state index contributed by atoms with van der Waals surface area (Å²) in [6, 6.07) is 7.65. The van der Waals surface area contributed by atoms with Crippen molar-refractivity contribution < 1.29 is 12.8 Å². The number of aromatic nitrogens is 2. The Bertz CT molecular complexity index is 1050. The van der Waals surface area contributed by atoms with Crippen LogP contribution in [-0.4, -0.2) is 48.9 Å². The number of sulfonamides is 1. The Labute approximate surface area is 161 Å². The second kappa shape index (κ2) is 7.14. The molecule has 0 spiro atoms. The number of pyridine rings is 1. The molecule has 2 aromatic heterocycles. The van der Waals surface area contributed by atoms with Gasteiger partial charge in [0.25, 0.3) is 0 Å². The summed E-state index contributed by atoms with van der Waals surface area (Å²) in [6.07, 6.45) is 2.42. The number of fused-ring (bicyclic) bond motifs is 1. The molecule has 4 rings (SSSR count). The highest BCUT2D eigenvalue weighted by molar-refractivity contribution is 7.89. The topological polar surface area (TPSA) is 66.4 Å². The first-order chi connectivity index (χ1) is 12.9. The van der Waals surface area contributed by atoms with Crippen LogP contribution in [0.2, 0.25) is 0 Å². The number of nitrogens with zero attached hydrogens (tertiary/aromatic N) is 4. The lowest BCUT2D eigenvalue weighted by Gasteiger charge is -2.22. The third-order valence-electron chi connectivity index (χ3n) is 4.65. The molecule has 0 amide bonds. The van der Waals surface area contributed by atoms with Crippen LogP contribution in [0.5, 0.6) is 0 Å². The zero-order chi connectivity index (χ0) is 19.0. The van der Waals surface area contributed by atoms with Gasteiger partial charge < -0.3 is 4.90 Å². The lowest BCUT2D eigenvalue weighted by molar-refractivity contribution is 0.432. The Hall–Kier alpha value is -2.10. The maximum absolute atomic E-state index is 13.6. The van der Waals surface area contributed by atoms with E-state index >= 15 is 0 Å². The standard InChI is InChI=1S/C18H19FN4O2S2/c1-13-5-6-14(19)12-16(13)27(24,25)23-9-3-8-22(10-11-23)18-21-15-4-2-7-20-17(15)26-18/h2,4-7,12H,3,8-11H2,1H3. The molecule has 1 fully saturated rings. The first-order valence-corrected chi connectivity index (χ1v) is 10.9. The number of benzene rings is 1. The maximum atomic E-state index is 13.6. The third kappa shape index (κ3) is 3.54. The monoisotopic (exact) mass is 406 g/mol. The van der Waals surface area contributed by atoms with E-state index in [2.05, 4.69) is 14.9 Å². The first-order valence-electron chi connectivity index (χ1n) is 8.68. The van der Waals surface area contributed by atoms with E-state index in [4.69, 9.17) is 0 Å².